The smallest absolute Gasteiger partial charge is 0.137 e. The van der Waals surface area contributed by atoms with Gasteiger partial charge in [0.05, 0.1) is 19.3 Å². The number of hydrogen-bond acceptors (Lipinski definition) is 5. The van der Waals surface area contributed by atoms with Crippen LogP contribution in [0.1, 0.15) is 13.3 Å². The summed E-state index contributed by atoms with van der Waals surface area (Å²) >= 11 is 1.67. The van der Waals surface area contributed by atoms with E-state index in [0.717, 1.165) is 39.0 Å². The Kier molecular flexibility index (Phi) is 8.34. The summed E-state index contributed by atoms with van der Waals surface area (Å²) in [5, 5.41) is 8.84. The van der Waals surface area contributed by atoms with Crippen molar-refractivity contribution in [1.82, 2.24) is 4.90 Å². The first-order valence-electron chi connectivity index (χ1n) is 6.81. The van der Waals surface area contributed by atoms with E-state index in [1.807, 2.05) is 25.3 Å². The quantitative estimate of drug-likeness (QED) is 0.683. The Morgan fingerprint density at radius 3 is 2.40 bits per heavy atom. The first kappa shape index (κ1) is 17.0. The number of ether oxygens (including phenoxy) is 1. The number of nitrogens with zero attached hydrogens (tertiary/aromatic N) is 1. The van der Waals surface area contributed by atoms with Crippen LogP contribution in [0.5, 0.6) is 5.75 Å². The van der Waals surface area contributed by atoms with Gasteiger partial charge in [0.25, 0.3) is 0 Å². The van der Waals surface area contributed by atoms with E-state index >= 15 is 0 Å². The molecule has 0 aliphatic carbocycles. The van der Waals surface area contributed by atoms with E-state index in [1.54, 1.807) is 23.9 Å². The number of morpholine rings is 1. The number of hydrogen-bond donors (Lipinski definition) is 1. The fraction of sp³-hybridized carbons (Fsp3) is 0.533. The average Bonchev–Trinajstić information content (AvgIpc) is 2.51. The maximum absolute atomic E-state index is 10.6. The first-order chi connectivity index (χ1) is 9.71. The van der Waals surface area contributed by atoms with E-state index in [9.17, 15) is 4.79 Å². The lowest BCUT2D eigenvalue weighted by atomic mass is 10.2. The summed E-state index contributed by atoms with van der Waals surface area (Å²) in [6, 6.07) is 7.26. The second-order valence-electron chi connectivity index (χ2n) is 4.46. The number of aromatic hydroxyl groups is 1. The zero-order chi connectivity index (χ0) is 14.8. The van der Waals surface area contributed by atoms with E-state index in [-0.39, 0.29) is 6.04 Å². The minimum Gasteiger partial charge on any atom is -0.508 e. The number of benzene rings is 1. The highest BCUT2D eigenvalue weighted by atomic mass is 32.2. The number of carbonyl (C=O) groups is 1. The number of thioether (sulfide) groups is 1. The van der Waals surface area contributed by atoms with Crippen molar-refractivity contribution >= 4 is 18.0 Å². The molecule has 0 amide bonds. The molecule has 0 bridgehead atoms. The van der Waals surface area contributed by atoms with Gasteiger partial charge in [-0.15, -0.1) is 11.8 Å². The normalized spacial score (nSPS) is 16.9. The molecule has 1 unspecified atom stereocenters. The van der Waals surface area contributed by atoms with Gasteiger partial charge in [0.1, 0.15) is 12.0 Å². The maximum Gasteiger partial charge on any atom is 0.137 e. The van der Waals surface area contributed by atoms with Crippen LogP contribution in [-0.2, 0) is 9.53 Å². The average molecular weight is 297 g/mol. The van der Waals surface area contributed by atoms with Crippen molar-refractivity contribution in [2.45, 2.75) is 24.3 Å². The standard InChI is InChI=1S/C8H15NO2.C7H8OS/c1-2-8(7-10)9-3-5-11-6-4-9;1-9-7-4-2-6(8)3-5-7/h7-8H,2-6H2,1H3;2-5,8H,1H3. The summed E-state index contributed by atoms with van der Waals surface area (Å²) in [7, 11) is 0. The summed E-state index contributed by atoms with van der Waals surface area (Å²) in [5.74, 6) is 0.327. The van der Waals surface area contributed by atoms with E-state index < -0.39 is 0 Å². The Balaban J connectivity index is 0.000000204. The number of rotatable bonds is 4. The molecule has 0 spiro atoms. The molecule has 0 radical (unpaired) electrons. The Morgan fingerprint density at radius 1 is 1.35 bits per heavy atom. The summed E-state index contributed by atoms with van der Waals surface area (Å²) < 4.78 is 5.18. The van der Waals surface area contributed by atoms with Crippen molar-refractivity contribution in [1.29, 1.82) is 0 Å². The summed E-state index contributed by atoms with van der Waals surface area (Å²) in [5.41, 5.74) is 0. The topological polar surface area (TPSA) is 49.8 Å². The zero-order valence-corrected chi connectivity index (χ0v) is 12.9. The fourth-order valence-electron chi connectivity index (χ4n) is 1.93. The number of phenolic OH excluding ortho intramolecular Hbond substituents is 1. The molecule has 1 N–H and O–H groups in total. The lowest BCUT2D eigenvalue weighted by Gasteiger charge is -2.30. The van der Waals surface area contributed by atoms with Crippen LogP contribution in [0.4, 0.5) is 0 Å². The van der Waals surface area contributed by atoms with Gasteiger partial charge >= 0.3 is 0 Å². The van der Waals surface area contributed by atoms with Crippen LogP contribution < -0.4 is 0 Å². The van der Waals surface area contributed by atoms with Crippen LogP contribution in [0.15, 0.2) is 29.2 Å². The van der Waals surface area contributed by atoms with Gasteiger partial charge in [0.2, 0.25) is 0 Å². The van der Waals surface area contributed by atoms with Crippen molar-refractivity contribution in [2.24, 2.45) is 0 Å². The Hall–Kier alpha value is -1.04. The lowest BCUT2D eigenvalue weighted by Crippen LogP contribution is -2.43. The molecule has 1 aliphatic rings. The number of aldehydes is 1. The van der Waals surface area contributed by atoms with E-state index in [2.05, 4.69) is 4.90 Å². The largest absolute Gasteiger partial charge is 0.508 e. The van der Waals surface area contributed by atoms with Crippen LogP contribution in [0.2, 0.25) is 0 Å². The van der Waals surface area contributed by atoms with Gasteiger partial charge in [-0.2, -0.15) is 0 Å². The molecule has 1 heterocycles. The minimum atomic E-state index is 0.110. The maximum atomic E-state index is 10.6. The predicted molar refractivity (Wildman–Crippen MR) is 82.4 cm³/mol. The van der Waals surface area contributed by atoms with Crippen molar-refractivity contribution in [2.75, 3.05) is 32.6 Å². The third-order valence-corrected chi connectivity index (χ3v) is 3.91. The molecule has 2 rings (SSSR count). The third kappa shape index (κ3) is 5.94. The fourth-order valence-corrected chi connectivity index (χ4v) is 2.34. The van der Waals surface area contributed by atoms with Crippen molar-refractivity contribution in [3.05, 3.63) is 24.3 Å². The molecule has 1 fully saturated rings. The summed E-state index contributed by atoms with van der Waals surface area (Å²) in [4.78, 5) is 13.9. The molecule has 1 aliphatic heterocycles. The molecule has 1 aromatic rings. The Labute approximate surface area is 125 Å². The highest BCUT2D eigenvalue weighted by Gasteiger charge is 2.17. The zero-order valence-electron chi connectivity index (χ0n) is 12.1. The van der Waals surface area contributed by atoms with Crippen molar-refractivity contribution in [3.63, 3.8) is 0 Å². The summed E-state index contributed by atoms with van der Waals surface area (Å²) in [6.07, 6.45) is 3.95. The Morgan fingerprint density at radius 2 is 1.95 bits per heavy atom. The van der Waals surface area contributed by atoms with E-state index in [1.165, 1.54) is 4.90 Å². The van der Waals surface area contributed by atoms with Gasteiger partial charge in [-0.05, 0) is 36.9 Å². The first-order valence-corrected chi connectivity index (χ1v) is 8.03. The van der Waals surface area contributed by atoms with Gasteiger partial charge in [-0.25, -0.2) is 0 Å². The van der Waals surface area contributed by atoms with Crippen LogP contribution >= 0.6 is 11.8 Å². The Bertz CT molecular complexity index is 377. The van der Waals surface area contributed by atoms with Crippen LogP contribution in [-0.4, -0.2) is 54.9 Å². The van der Waals surface area contributed by atoms with E-state index in [4.69, 9.17) is 9.84 Å². The van der Waals surface area contributed by atoms with Gasteiger partial charge in [-0.3, -0.25) is 4.90 Å². The highest BCUT2D eigenvalue weighted by molar-refractivity contribution is 7.98. The van der Waals surface area contributed by atoms with Gasteiger partial charge in [0, 0.05) is 18.0 Å². The molecular weight excluding hydrogens is 274 g/mol. The second-order valence-corrected chi connectivity index (χ2v) is 5.34. The molecule has 112 valence electrons. The molecule has 0 saturated carbocycles. The molecular formula is C15H23NO3S. The molecule has 4 nitrogen and oxygen atoms in total. The molecule has 1 saturated heterocycles. The van der Waals surface area contributed by atoms with Crippen LogP contribution in [0, 0.1) is 0 Å². The molecule has 20 heavy (non-hydrogen) atoms. The molecule has 0 aromatic heterocycles. The summed E-state index contributed by atoms with van der Waals surface area (Å²) in [6.45, 7) is 5.37. The van der Waals surface area contributed by atoms with Gasteiger partial charge in [0.15, 0.2) is 0 Å². The monoisotopic (exact) mass is 297 g/mol. The lowest BCUT2D eigenvalue weighted by molar-refractivity contribution is -0.114. The van der Waals surface area contributed by atoms with Crippen molar-refractivity contribution in [3.8, 4) is 5.75 Å². The minimum absolute atomic E-state index is 0.110. The number of carbonyl (C=O) groups excluding carboxylic acids is 1. The molecule has 5 heteroatoms. The van der Waals surface area contributed by atoms with Gasteiger partial charge in [-0.1, -0.05) is 6.92 Å². The van der Waals surface area contributed by atoms with E-state index in [0.29, 0.717) is 5.75 Å². The molecule has 1 aromatic carbocycles. The van der Waals surface area contributed by atoms with Gasteiger partial charge < -0.3 is 14.6 Å². The number of phenols is 1. The van der Waals surface area contributed by atoms with Crippen LogP contribution in [0.25, 0.3) is 0 Å². The second kappa shape index (κ2) is 9.80. The highest BCUT2D eigenvalue weighted by Crippen LogP contribution is 2.17. The predicted octanol–water partition coefficient (Wildman–Crippen LogP) is 2.41. The van der Waals surface area contributed by atoms with Crippen LogP contribution in [0.3, 0.4) is 0 Å². The molecule has 1 atom stereocenters. The third-order valence-electron chi connectivity index (χ3n) is 3.16. The SMILES string of the molecule is CCC(C=O)N1CCOCC1.CSc1ccc(O)cc1. The van der Waals surface area contributed by atoms with Crippen molar-refractivity contribution < 1.29 is 14.6 Å².